The summed E-state index contributed by atoms with van der Waals surface area (Å²) in [6, 6.07) is 12.5. The number of thiazole rings is 1. The zero-order valence-corrected chi connectivity index (χ0v) is 19.0. The van der Waals surface area contributed by atoms with Crippen molar-refractivity contribution in [1.82, 2.24) is 9.88 Å². The molecule has 1 saturated heterocycles. The van der Waals surface area contributed by atoms with Crippen molar-refractivity contribution in [3.63, 3.8) is 0 Å². The molecule has 0 bridgehead atoms. The summed E-state index contributed by atoms with van der Waals surface area (Å²) in [6.07, 6.45) is 2.54. The number of aromatic nitrogens is 1. The van der Waals surface area contributed by atoms with Gasteiger partial charge in [0, 0.05) is 44.9 Å². The standard InChI is InChI=1S/C23H27N3O2S2/c1-25(2)19-9-7-17(8-10-19)14-26(15-20-5-3-11-28-20)22(27)13-18-16-30-23(24-18)21-6-4-12-29-21/h4,6-10,12,16,20H,3,5,11,13-15H2,1-2H3. The highest BCUT2D eigenvalue weighted by Crippen LogP contribution is 2.28. The number of thiophene rings is 1. The van der Waals surface area contributed by atoms with E-state index < -0.39 is 0 Å². The number of carbonyl (C=O) groups is 1. The number of benzene rings is 1. The van der Waals surface area contributed by atoms with Gasteiger partial charge in [-0.15, -0.1) is 22.7 Å². The summed E-state index contributed by atoms with van der Waals surface area (Å²) in [5.74, 6) is 0.102. The molecule has 0 spiro atoms. The van der Waals surface area contributed by atoms with Gasteiger partial charge >= 0.3 is 0 Å². The van der Waals surface area contributed by atoms with Gasteiger partial charge in [-0.25, -0.2) is 4.98 Å². The van der Waals surface area contributed by atoms with E-state index in [1.165, 1.54) is 0 Å². The van der Waals surface area contributed by atoms with Gasteiger partial charge in [-0.2, -0.15) is 0 Å². The minimum atomic E-state index is 0.102. The molecule has 1 aliphatic rings. The molecule has 3 aromatic rings. The van der Waals surface area contributed by atoms with E-state index in [1.54, 1.807) is 22.7 Å². The molecule has 1 unspecified atom stereocenters. The first kappa shape index (κ1) is 21.0. The number of anilines is 1. The largest absolute Gasteiger partial charge is 0.378 e. The highest BCUT2D eigenvalue weighted by Gasteiger charge is 2.23. The normalized spacial score (nSPS) is 16.0. The Morgan fingerprint density at radius 2 is 2.03 bits per heavy atom. The van der Waals surface area contributed by atoms with Crippen LogP contribution in [0.1, 0.15) is 24.1 Å². The zero-order valence-electron chi connectivity index (χ0n) is 17.4. The Bertz CT molecular complexity index is 945. The van der Waals surface area contributed by atoms with Crippen LogP contribution in [0.2, 0.25) is 0 Å². The summed E-state index contributed by atoms with van der Waals surface area (Å²) in [4.78, 5) is 23.1. The van der Waals surface area contributed by atoms with E-state index in [1.807, 2.05) is 35.8 Å². The van der Waals surface area contributed by atoms with Gasteiger partial charge in [-0.1, -0.05) is 18.2 Å². The molecule has 30 heavy (non-hydrogen) atoms. The van der Waals surface area contributed by atoms with E-state index in [2.05, 4.69) is 40.2 Å². The molecule has 7 heteroatoms. The number of hydrogen-bond donors (Lipinski definition) is 0. The fourth-order valence-electron chi connectivity index (χ4n) is 3.58. The average Bonchev–Trinajstić information content (AvgIpc) is 3.50. The monoisotopic (exact) mass is 441 g/mol. The summed E-state index contributed by atoms with van der Waals surface area (Å²) in [7, 11) is 4.06. The van der Waals surface area contributed by atoms with Crippen LogP contribution < -0.4 is 4.90 Å². The molecule has 2 aromatic heterocycles. The van der Waals surface area contributed by atoms with E-state index >= 15 is 0 Å². The van der Waals surface area contributed by atoms with E-state index in [-0.39, 0.29) is 12.0 Å². The number of nitrogens with zero attached hydrogens (tertiary/aromatic N) is 3. The van der Waals surface area contributed by atoms with E-state index in [0.29, 0.717) is 19.5 Å². The van der Waals surface area contributed by atoms with Crippen LogP contribution >= 0.6 is 22.7 Å². The predicted octanol–water partition coefficient (Wildman–Crippen LogP) is 4.69. The summed E-state index contributed by atoms with van der Waals surface area (Å²) in [5.41, 5.74) is 3.12. The minimum absolute atomic E-state index is 0.102. The lowest BCUT2D eigenvalue weighted by molar-refractivity contribution is -0.132. The van der Waals surface area contributed by atoms with Crippen LogP contribution in [0.4, 0.5) is 5.69 Å². The smallest absolute Gasteiger partial charge is 0.229 e. The molecule has 3 heterocycles. The molecular formula is C23H27N3O2S2. The number of ether oxygens (including phenoxy) is 1. The van der Waals surface area contributed by atoms with Gasteiger partial charge in [0.2, 0.25) is 5.91 Å². The highest BCUT2D eigenvalue weighted by atomic mass is 32.1. The van der Waals surface area contributed by atoms with Gasteiger partial charge in [0.25, 0.3) is 0 Å². The Morgan fingerprint density at radius 1 is 1.20 bits per heavy atom. The SMILES string of the molecule is CN(C)c1ccc(CN(CC2CCCO2)C(=O)Cc2csc(-c3cccs3)n2)cc1. The Labute approximate surface area is 185 Å². The van der Waals surface area contributed by atoms with Gasteiger partial charge < -0.3 is 14.5 Å². The Kier molecular flexibility index (Phi) is 6.82. The summed E-state index contributed by atoms with van der Waals surface area (Å²) in [6.45, 7) is 2.02. The van der Waals surface area contributed by atoms with Crippen molar-refractivity contribution in [3.8, 4) is 9.88 Å². The molecule has 1 aliphatic heterocycles. The molecular weight excluding hydrogens is 414 g/mol. The van der Waals surface area contributed by atoms with Crippen LogP contribution in [0.3, 0.4) is 0 Å². The topological polar surface area (TPSA) is 45.7 Å². The Morgan fingerprint density at radius 3 is 2.70 bits per heavy atom. The third-order valence-electron chi connectivity index (χ3n) is 5.24. The molecule has 0 N–H and O–H groups in total. The van der Waals surface area contributed by atoms with Crippen LogP contribution in [0.5, 0.6) is 0 Å². The molecule has 0 radical (unpaired) electrons. The lowest BCUT2D eigenvalue weighted by atomic mass is 10.1. The molecule has 0 saturated carbocycles. The van der Waals surface area contributed by atoms with Crippen LogP contribution in [0, 0.1) is 0 Å². The highest BCUT2D eigenvalue weighted by molar-refractivity contribution is 7.20. The Hall–Kier alpha value is -2.22. The van der Waals surface area contributed by atoms with E-state index in [9.17, 15) is 4.79 Å². The lowest BCUT2D eigenvalue weighted by Gasteiger charge is -2.26. The number of carbonyl (C=O) groups excluding carboxylic acids is 1. The predicted molar refractivity (Wildman–Crippen MR) is 124 cm³/mol. The molecule has 1 amide bonds. The van der Waals surface area contributed by atoms with Crippen molar-refractivity contribution in [2.45, 2.75) is 31.9 Å². The van der Waals surface area contributed by atoms with Crippen molar-refractivity contribution in [2.24, 2.45) is 0 Å². The van der Waals surface area contributed by atoms with Gasteiger partial charge in [0.05, 0.1) is 23.1 Å². The zero-order chi connectivity index (χ0) is 20.9. The molecule has 5 nitrogen and oxygen atoms in total. The second kappa shape index (κ2) is 9.73. The first-order valence-corrected chi connectivity index (χ1v) is 12.0. The molecule has 4 rings (SSSR count). The van der Waals surface area contributed by atoms with Crippen molar-refractivity contribution in [2.75, 3.05) is 32.1 Å². The maximum absolute atomic E-state index is 13.2. The molecule has 1 atom stereocenters. The van der Waals surface area contributed by atoms with Crippen molar-refractivity contribution in [3.05, 3.63) is 58.4 Å². The fraction of sp³-hybridized carbons (Fsp3) is 0.391. The molecule has 0 aliphatic carbocycles. The van der Waals surface area contributed by atoms with Gasteiger partial charge in [-0.3, -0.25) is 4.79 Å². The summed E-state index contributed by atoms with van der Waals surface area (Å²) < 4.78 is 5.81. The quantitative estimate of drug-likeness (QED) is 0.509. The van der Waals surface area contributed by atoms with Crippen LogP contribution in [0.25, 0.3) is 9.88 Å². The van der Waals surface area contributed by atoms with E-state index in [4.69, 9.17) is 4.74 Å². The third-order valence-corrected chi connectivity index (χ3v) is 7.17. The first-order valence-electron chi connectivity index (χ1n) is 10.2. The van der Waals surface area contributed by atoms with Crippen LogP contribution in [-0.2, 0) is 22.5 Å². The molecule has 158 valence electrons. The maximum atomic E-state index is 13.2. The lowest BCUT2D eigenvalue weighted by Crippen LogP contribution is -2.37. The molecule has 1 aromatic carbocycles. The third kappa shape index (κ3) is 5.28. The summed E-state index contributed by atoms with van der Waals surface area (Å²) >= 11 is 3.27. The number of rotatable bonds is 8. The van der Waals surface area contributed by atoms with Crippen molar-refractivity contribution < 1.29 is 9.53 Å². The van der Waals surface area contributed by atoms with Gasteiger partial charge in [0.15, 0.2) is 0 Å². The van der Waals surface area contributed by atoms with Gasteiger partial charge in [0.1, 0.15) is 5.01 Å². The summed E-state index contributed by atoms with van der Waals surface area (Å²) in [5, 5.41) is 5.04. The second-order valence-corrected chi connectivity index (χ2v) is 9.57. The number of amides is 1. The molecule has 1 fully saturated rings. The number of hydrogen-bond acceptors (Lipinski definition) is 6. The van der Waals surface area contributed by atoms with Crippen molar-refractivity contribution in [1.29, 1.82) is 0 Å². The first-order chi connectivity index (χ1) is 14.6. The second-order valence-electron chi connectivity index (χ2n) is 7.77. The average molecular weight is 442 g/mol. The van der Waals surface area contributed by atoms with Gasteiger partial charge in [-0.05, 0) is 42.0 Å². The maximum Gasteiger partial charge on any atom is 0.229 e. The van der Waals surface area contributed by atoms with Crippen LogP contribution in [0.15, 0.2) is 47.2 Å². The van der Waals surface area contributed by atoms with Crippen molar-refractivity contribution >= 4 is 34.3 Å². The Balaban J connectivity index is 1.46. The fourth-order valence-corrected chi connectivity index (χ4v) is 5.21. The van der Waals surface area contributed by atoms with E-state index in [0.717, 1.165) is 46.3 Å². The van der Waals surface area contributed by atoms with Crippen LogP contribution in [-0.4, -0.2) is 49.1 Å². The minimum Gasteiger partial charge on any atom is -0.378 e.